The normalized spacial score (nSPS) is 26.4. The smallest absolute Gasteiger partial charge is 0.410 e. The maximum atomic E-state index is 17.7. The number of carbonyl (C=O) groups excluding carboxylic acids is 1. The number of rotatable bonds is 11. The van der Waals surface area contributed by atoms with Crippen LogP contribution in [0.25, 0.3) is 32.9 Å². The zero-order valence-electron chi connectivity index (χ0n) is 34.3. The van der Waals surface area contributed by atoms with Gasteiger partial charge in [-0.1, -0.05) is 13.0 Å². The van der Waals surface area contributed by atoms with Crippen molar-refractivity contribution in [3.8, 4) is 28.9 Å². The predicted molar refractivity (Wildman–Crippen MR) is 215 cm³/mol. The summed E-state index contributed by atoms with van der Waals surface area (Å²) in [7, 11) is 1.51. The van der Waals surface area contributed by atoms with Gasteiger partial charge in [0.05, 0.1) is 31.3 Å². The largest absolute Gasteiger partial charge is 0.475 e. The van der Waals surface area contributed by atoms with E-state index in [0.717, 1.165) is 38.8 Å². The lowest BCUT2D eigenvalue weighted by molar-refractivity contribution is 0.00537. The minimum absolute atomic E-state index is 0.0248. The summed E-state index contributed by atoms with van der Waals surface area (Å²) in [6, 6.07) is 5.93. The third-order valence-corrected chi connectivity index (χ3v) is 13.5. The number of aliphatic hydroxyl groups is 1. The van der Waals surface area contributed by atoms with Gasteiger partial charge in [0, 0.05) is 43.8 Å². The van der Waals surface area contributed by atoms with Gasteiger partial charge in [0.25, 0.3) is 0 Å². The second kappa shape index (κ2) is 14.3. The van der Waals surface area contributed by atoms with Gasteiger partial charge in [-0.3, -0.25) is 9.80 Å². The number of fused-ring (bicyclic) bond motifs is 7. The van der Waals surface area contributed by atoms with Crippen LogP contribution in [0.3, 0.4) is 0 Å². The second-order valence-electron chi connectivity index (χ2n) is 18.5. The summed E-state index contributed by atoms with van der Waals surface area (Å²) in [6.45, 7) is 10.2. The molecule has 5 fully saturated rings. The fourth-order valence-corrected chi connectivity index (χ4v) is 10.4. The van der Waals surface area contributed by atoms with Crippen LogP contribution in [0.15, 0.2) is 24.3 Å². The van der Waals surface area contributed by atoms with Crippen molar-refractivity contribution in [2.24, 2.45) is 17.3 Å². The highest BCUT2D eigenvalue weighted by molar-refractivity contribution is 6.03. The molecule has 6 heterocycles. The first-order valence-electron chi connectivity index (χ1n) is 21.1. The Kier molecular flexibility index (Phi) is 9.33. The Morgan fingerprint density at radius 2 is 1.88 bits per heavy atom. The molecule has 1 N–H and O–H groups in total. The van der Waals surface area contributed by atoms with Crippen molar-refractivity contribution in [3.05, 3.63) is 41.5 Å². The summed E-state index contributed by atoms with van der Waals surface area (Å²) in [4.78, 5) is 34.7. The summed E-state index contributed by atoms with van der Waals surface area (Å²) < 4.78 is 63.2. The molecular weight excluding hydrogens is 763 g/mol. The number of hydrogen-bond donors (Lipinski definition) is 1. The van der Waals surface area contributed by atoms with Gasteiger partial charge in [0.2, 0.25) is 5.88 Å². The molecule has 59 heavy (non-hydrogen) atoms. The van der Waals surface area contributed by atoms with Crippen LogP contribution in [0.1, 0.15) is 65.4 Å². The SMILES string of the molecule is CCc1c(F)ccc2cc(OCOC)cc(-c3nc4c5c(nc(OCC6(CN7C[C@H]8C[C@H]8[C@H]7CO)CC6)nc5c3F)N3C[C@H]5CC[C@@H]([C@H]3CO4)N5C(=O)OC(C)(C)C)c12. The van der Waals surface area contributed by atoms with Crippen molar-refractivity contribution >= 4 is 33.6 Å². The van der Waals surface area contributed by atoms with Crippen molar-refractivity contribution in [3.63, 3.8) is 0 Å². The van der Waals surface area contributed by atoms with E-state index >= 15 is 8.78 Å². The van der Waals surface area contributed by atoms with Gasteiger partial charge in [-0.25, -0.2) is 18.6 Å². The number of methoxy groups -OCH3 is 1. The number of nitrogens with zero attached hydrogens (tertiary/aromatic N) is 6. The van der Waals surface area contributed by atoms with Crippen molar-refractivity contribution in [2.45, 2.75) is 96.0 Å². The van der Waals surface area contributed by atoms with Crippen LogP contribution in [0.2, 0.25) is 0 Å². The molecule has 6 atom stereocenters. The second-order valence-corrected chi connectivity index (χ2v) is 18.5. The Hall–Kier alpha value is -4.60. The van der Waals surface area contributed by atoms with Crippen LogP contribution in [0, 0.1) is 28.9 Å². The molecule has 314 valence electrons. The Morgan fingerprint density at radius 1 is 1.05 bits per heavy atom. The van der Waals surface area contributed by atoms with E-state index in [2.05, 4.69) is 9.80 Å². The molecule has 2 bridgehead atoms. The predicted octanol–water partition coefficient (Wildman–Crippen LogP) is 6.49. The summed E-state index contributed by atoms with van der Waals surface area (Å²) >= 11 is 0. The van der Waals surface area contributed by atoms with E-state index in [1.54, 1.807) is 18.2 Å². The Balaban J connectivity index is 1.09. The van der Waals surface area contributed by atoms with Crippen molar-refractivity contribution in [2.75, 3.05) is 58.3 Å². The van der Waals surface area contributed by atoms with E-state index in [4.69, 9.17) is 38.6 Å². The molecule has 6 aliphatic rings. The number of aliphatic hydroxyl groups excluding tert-OH is 1. The van der Waals surface area contributed by atoms with E-state index in [0.29, 0.717) is 70.3 Å². The number of hydrogen-bond acceptors (Lipinski definition) is 12. The summed E-state index contributed by atoms with van der Waals surface area (Å²) in [5.41, 5.74) is -0.146. The lowest BCUT2D eigenvalue weighted by Gasteiger charge is -2.46. The fourth-order valence-electron chi connectivity index (χ4n) is 10.4. The molecule has 0 spiro atoms. The number of amides is 1. The molecule has 0 unspecified atom stereocenters. The van der Waals surface area contributed by atoms with E-state index < -0.39 is 17.2 Å². The van der Waals surface area contributed by atoms with Gasteiger partial charge in [0.15, 0.2) is 12.6 Å². The molecule has 4 aliphatic heterocycles. The molecule has 2 aromatic heterocycles. The van der Waals surface area contributed by atoms with E-state index in [1.807, 2.05) is 32.6 Å². The average molecular weight is 815 g/mol. The molecule has 2 aliphatic carbocycles. The average Bonchev–Trinajstić information content (AvgIpc) is 4.11. The highest BCUT2D eigenvalue weighted by atomic mass is 19.1. The highest BCUT2D eigenvalue weighted by Crippen LogP contribution is 2.54. The van der Waals surface area contributed by atoms with E-state index in [9.17, 15) is 9.90 Å². The number of likely N-dealkylation sites (tertiary alicyclic amines) is 1. The number of halogens is 2. The standard InChI is InChI=1S/C44H52F2N6O7/c1-6-27-30(45)9-7-23-13-26(58-22-55-5)15-29(34(23)27)37-36(46)38-35-39(49-41(48-38)57-21-44(11-12-44)20-50-16-24-14-28(24)32(50)18-53)51-17-25-8-10-31(33(51)19-56-40(35)47-37)52(25)42(54)59-43(2,3)4/h7,9,13,15,24-25,28,31-33,53H,6,8,10-12,14,16-22H2,1-5H3/t24-,25-,28-,31+,32-,33-/m1/s1. The van der Waals surface area contributed by atoms with Crippen LogP contribution < -0.4 is 19.1 Å². The Labute approximate surface area is 341 Å². The molecule has 1 amide bonds. The molecule has 0 radical (unpaired) electrons. The van der Waals surface area contributed by atoms with Gasteiger partial charge < -0.3 is 33.7 Å². The zero-order valence-corrected chi connectivity index (χ0v) is 34.3. The Morgan fingerprint density at radius 3 is 2.63 bits per heavy atom. The van der Waals surface area contributed by atoms with Gasteiger partial charge in [-0.2, -0.15) is 9.97 Å². The molecular formula is C44H52F2N6O7. The minimum Gasteiger partial charge on any atom is -0.475 e. The van der Waals surface area contributed by atoms with Gasteiger partial charge in [0.1, 0.15) is 46.2 Å². The number of aromatic nitrogens is 3. The molecule has 13 nitrogen and oxygen atoms in total. The molecule has 2 aromatic carbocycles. The number of anilines is 1. The molecule has 10 rings (SSSR count). The maximum Gasteiger partial charge on any atom is 0.410 e. The minimum atomic E-state index is -0.727. The number of piperidine rings is 1. The first kappa shape index (κ1) is 38.6. The monoisotopic (exact) mass is 814 g/mol. The zero-order chi connectivity index (χ0) is 41.0. The van der Waals surface area contributed by atoms with E-state index in [-0.39, 0.29) is 78.8 Å². The molecule has 3 saturated heterocycles. The third-order valence-electron chi connectivity index (χ3n) is 13.5. The number of piperazine rings is 1. The fraction of sp³-hybridized carbons (Fsp3) is 0.591. The summed E-state index contributed by atoms with van der Waals surface area (Å²) in [5.74, 6) is 1.08. The lowest BCUT2D eigenvalue weighted by Crippen LogP contribution is -2.63. The van der Waals surface area contributed by atoms with Gasteiger partial charge >= 0.3 is 12.1 Å². The summed E-state index contributed by atoms with van der Waals surface area (Å²) in [5, 5.41) is 11.6. The van der Waals surface area contributed by atoms with Crippen LogP contribution in [0.4, 0.5) is 19.4 Å². The number of pyridine rings is 1. The third kappa shape index (κ3) is 6.67. The highest BCUT2D eigenvalue weighted by Gasteiger charge is 2.56. The quantitative estimate of drug-likeness (QED) is 0.166. The van der Waals surface area contributed by atoms with Crippen LogP contribution >= 0.6 is 0 Å². The van der Waals surface area contributed by atoms with Gasteiger partial charge in [-0.15, -0.1) is 0 Å². The summed E-state index contributed by atoms with van der Waals surface area (Å²) in [6.07, 6.45) is 4.62. The first-order valence-corrected chi connectivity index (χ1v) is 21.1. The number of ether oxygens (including phenoxy) is 5. The van der Waals surface area contributed by atoms with Gasteiger partial charge in [-0.05, 0) is 106 Å². The van der Waals surface area contributed by atoms with Crippen molar-refractivity contribution < 1.29 is 42.4 Å². The number of benzene rings is 2. The Bertz CT molecular complexity index is 2340. The van der Waals surface area contributed by atoms with Crippen LogP contribution in [-0.2, 0) is 15.9 Å². The van der Waals surface area contributed by atoms with Crippen molar-refractivity contribution in [1.29, 1.82) is 0 Å². The topological polar surface area (TPSA) is 132 Å². The molecule has 2 saturated carbocycles. The van der Waals surface area contributed by atoms with Crippen LogP contribution in [-0.4, -0.2) is 119 Å². The lowest BCUT2D eigenvalue weighted by atomic mass is 9.94. The van der Waals surface area contributed by atoms with E-state index in [1.165, 1.54) is 19.6 Å². The molecule has 15 heteroatoms. The maximum absolute atomic E-state index is 17.7. The van der Waals surface area contributed by atoms with Crippen LogP contribution in [0.5, 0.6) is 17.6 Å². The number of aryl methyl sites for hydroxylation is 1. The van der Waals surface area contributed by atoms with Crippen molar-refractivity contribution in [1.82, 2.24) is 24.8 Å². The molecule has 4 aromatic rings. The first-order chi connectivity index (χ1) is 28.4. The number of carbonyl (C=O) groups is 1.